The predicted molar refractivity (Wildman–Crippen MR) is 126 cm³/mol. The van der Waals surface area contributed by atoms with Gasteiger partial charge in [-0.15, -0.1) is 24.0 Å². The van der Waals surface area contributed by atoms with E-state index in [-0.39, 0.29) is 35.9 Å². The summed E-state index contributed by atoms with van der Waals surface area (Å²) in [5, 5.41) is 3.92. The third-order valence-corrected chi connectivity index (χ3v) is 4.77. The number of carbonyl (C=O) groups excluding carboxylic acids is 2. The summed E-state index contributed by atoms with van der Waals surface area (Å²) in [4.78, 5) is 32.2. The van der Waals surface area contributed by atoms with Gasteiger partial charge in [0.15, 0.2) is 5.96 Å². The van der Waals surface area contributed by atoms with Crippen molar-refractivity contribution in [2.24, 2.45) is 4.99 Å². The normalized spacial score (nSPS) is 14.2. The monoisotopic (exact) mass is 536 g/mol. The Hall–Kier alpha value is -1.55. The molecule has 0 aliphatic carbocycles. The lowest BCUT2D eigenvalue weighted by atomic mass is 10.1. The number of carbonyl (C=O) groups is 2. The van der Waals surface area contributed by atoms with E-state index in [1.165, 1.54) is 0 Å². The Balaban J connectivity index is 0.00000420. The number of ether oxygens (including phenoxy) is 1. The van der Waals surface area contributed by atoms with Crippen LogP contribution in [0.1, 0.15) is 25.3 Å². The van der Waals surface area contributed by atoms with Crippen molar-refractivity contribution in [3.63, 3.8) is 0 Å². The van der Waals surface area contributed by atoms with E-state index in [2.05, 4.69) is 15.2 Å². The molecule has 1 saturated heterocycles. The summed E-state index contributed by atoms with van der Waals surface area (Å²) in [7, 11) is 1.74. The minimum atomic E-state index is -0.175. The zero-order valence-corrected chi connectivity index (χ0v) is 20.1. The lowest BCUT2D eigenvalue weighted by Gasteiger charge is -2.36. The number of guanidine groups is 1. The molecule has 162 valence electrons. The summed E-state index contributed by atoms with van der Waals surface area (Å²) in [6.07, 6.45) is 1.45. The molecule has 0 unspecified atom stereocenters. The fraction of sp³-hybridized carbons (Fsp3) is 0.550. The molecule has 1 N–H and O–H groups in total. The maximum atomic E-state index is 12.5. The van der Waals surface area contributed by atoms with E-state index in [1.54, 1.807) is 20.0 Å². The number of benzene rings is 1. The van der Waals surface area contributed by atoms with Gasteiger partial charge in [-0.05, 0) is 31.0 Å². The Morgan fingerprint density at radius 3 is 2.52 bits per heavy atom. The van der Waals surface area contributed by atoms with Gasteiger partial charge in [0.05, 0.1) is 13.0 Å². The number of hydrogen-bond acceptors (Lipinski definition) is 4. The Morgan fingerprint density at radius 2 is 1.90 bits per heavy atom. The van der Waals surface area contributed by atoms with Crippen molar-refractivity contribution in [1.29, 1.82) is 0 Å². The maximum Gasteiger partial charge on any atom is 0.305 e. The van der Waals surface area contributed by atoms with Crippen molar-refractivity contribution < 1.29 is 14.3 Å². The molecule has 0 atom stereocenters. The molecule has 0 bridgehead atoms. The molecule has 1 heterocycles. The Bertz CT molecular complexity index is 694. The highest BCUT2D eigenvalue weighted by Gasteiger charge is 2.23. The number of rotatable bonds is 7. The second-order valence-corrected chi connectivity index (χ2v) is 6.99. The van der Waals surface area contributed by atoms with E-state index < -0.39 is 0 Å². The second kappa shape index (κ2) is 13.6. The van der Waals surface area contributed by atoms with Crippen LogP contribution < -0.4 is 5.32 Å². The van der Waals surface area contributed by atoms with Crippen molar-refractivity contribution in [2.75, 3.05) is 46.4 Å². The zero-order valence-electron chi connectivity index (χ0n) is 17.0. The summed E-state index contributed by atoms with van der Waals surface area (Å²) in [5.74, 6) is 0.733. The quantitative estimate of drug-likeness (QED) is 0.191. The molecule has 7 nitrogen and oxygen atoms in total. The molecule has 1 aliphatic heterocycles. The van der Waals surface area contributed by atoms with Gasteiger partial charge in [0.25, 0.3) is 0 Å². The summed E-state index contributed by atoms with van der Waals surface area (Å²) >= 11 is 5.99. The van der Waals surface area contributed by atoms with Gasteiger partial charge in [-0.3, -0.25) is 14.6 Å². The van der Waals surface area contributed by atoms with Gasteiger partial charge in [0.2, 0.25) is 5.91 Å². The van der Waals surface area contributed by atoms with Crippen LogP contribution in [-0.4, -0.2) is 74.0 Å². The third kappa shape index (κ3) is 8.77. The molecule has 29 heavy (non-hydrogen) atoms. The van der Waals surface area contributed by atoms with Crippen LogP contribution in [-0.2, 0) is 20.7 Å². The first-order valence-electron chi connectivity index (χ1n) is 9.67. The molecule has 0 radical (unpaired) electrons. The van der Waals surface area contributed by atoms with Gasteiger partial charge in [0, 0.05) is 51.2 Å². The lowest BCUT2D eigenvalue weighted by molar-refractivity contribution is -0.143. The van der Waals surface area contributed by atoms with Crippen LogP contribution in [0.15, 0.2) is 29.3 Å². The molecule has 2 rings (SSSR count). The van der Waals surface area contributed by atoms with Gasteiger partial charge in [-0.25, -0.2) is 0 Å². The van der Waals surface area contributed by atoms with Crippen molar-refractivity contribution in [3.8, 4) is 0 Å². The van der Waals surface area contributed by atoms with E-state index in [4.69, 9.17) is 16.3 Å². The van der Waals surface area contributed by atoms with Crippen LogP contribution >= 0.6 is 35.6 Å². The van der Waals surface area contributed by atoms with Crippen LogP contribution in [0.25, 0.3) is 0 Å². The number of halogens is 2. The van der Waals surface area contributed by atoms with E-state index in [9.17, 15) is 9.59 Å². The number of piperazine rings is 1. The largest absolute Gasteiger partial charge is 0.466 e. The van der Waals surface area contributed by atoms with Crippen molar-refractivity contribution in [3.05, 3.63) is 34.9 Å². The van der Waals surface area contributed by atoms with Crippen LogP contribution in [0.3, 0.4) is 0 Å². The Morgan fingerprint density at radius 1 is 1.21 bits per heavy atom. The molecule has 0 spiro atoms. The van der Waals surface area contributed by atoms with E-state index in [0.29, 0.717) is 50.5 Å². The molecule has 1 amide bonds. The minimum absolute atomic E-state index is 0. The predicted octanol–water partition coefficient (Wildman–Crippen LogP) is 2.56. The average Bonchev–Trinajstić information content (AvgIpc) is 2.68. The van der Waals surface area contributed by atoms with E-state index >= 15 is 0 Å². The highest BCUT2D eigenvalue weighted by Crippen LogP contribution is 2.13. The highest BCUT2D eigenvalue weighted by atomic mass is 127. The van der Waals surface area contributed by atoms with Crippen LogP contribution in [0, 0.1) is 0 Å². The lowest BCUT2D eigenvalue weighted by Crippen LogP contribution is -2.54. The summed E-state index contributed by atoms with van der Waals surface area (Å²) in [6.45, 7) is 5.62. The molecule has 1 aromatic rings. The number of hydrogen-bond donors (Lipinski definition) is 1. The summed E-state index contributed by atoms with van der Waals surface area (Å²) in [5.41, 5.74) is 0.930. The highest BCUT2D eigenvalue weighted by molar-refractivity contribution is 14.0. The van der Waals surface area contributed by atoms with Gasteiger partial charge >= 0.3 is 5.97 Å². The van der Waals surface area contributed by atoms with Crippen LogP contribution in [0.4, 0.5) is 0 Å². The van der Waals surface area contributed by atoms with Gasteiger partial charge in [0.1, 0.15) is 0 Å². The fourth-order valence-electron chi connectivity index (χ4n) is 3.10. The Labute approximate surface area is 194 Å². The van der Waals surface area contributed by atoms with Crippen molar-refractivity contribution in [2.45, 2.75) is 26.2 Å². The standard InChI is InChI=1S/C20H29ClN4O3.HI/c1-3-28-19(27)8-5-9-23-20(22-2)25-12-10-24(11-13-25)18(26)15-16-6-4-7-17(21)14-16;/h4,6-7,14H,3,5,8-13,15H2,1-2H3,(H,22,23);1H. The number of aliphatic imine (C=N–C) groups is 1. The molecular formula is C20H30ClIN4O3. The third-order valence-electron chi connectivity index (χ3n) is 4.53. The smallest absolute Gasteiger partial charge is 0.305 e. The topological polar surface area (TPSA) is 74.2 Å². The molecule has 9 heteroatoms. The first kappa shape index (κ1) is 25.5. The van der Waals surface area contributed by atoms with Crippen molar-refractivity contribution in [1.82, 2.24) is 15.1 Å². The first-order chi connectivity index (χ1) is 13.5. The fourth-order valence-corrected chi connectivity index (χ4v) is 3.31. The average molecular weight is 537 g/mol. The number of nitrogens with zero attached hydrogens (tertiary/aromatic N) is 3. The maximum absolute atomic E-state index is 12.5. The molecule has 0 saturated carbocycles. The molecule has 1 fully saturated rings. The molecule has 1 aliphatic rings. The Kier molecular flexibility index (Phi) is 12.0. The zero-order chi connectivity index (χ0) is 20.4. The SMILES string of the molecule is CCOC(=O)CCCNC(=NC)N1CCN(C(=O)Cc2cccc(Cl)c2)CC1.I. The van der Waals surface area contributed by atoms with Gasteiger partial charge < -0.3 is 19.9 Å². The molecule has 0 aromatic heterocycles. The summed E-state index contributed by atoms with van der Waals surface area (Å²) < 4.78 is 4.92. The van der Waals surface area contributed by atoms with Gasteiger partial charge in [-0.2, -0.15) is 0 Å². The minimum Gasteiger partial charge on any atom is -0.466 e. The second-order valence-electron chi connectivity index (χ2n) is 6.56. The van der Waals surface area contributed by atoms with Gasteiger partial charge in [-0.1, -0.05) is 23.7 Å². The number of amides is 1. The number of nitrogens with one attached hydrogen (secondary N) is 1. The summed E-state index contributed by atoms with van der Waals surface area (Å²) in [6, 6.07) is 7.42. The molecular weight excluding hydrogens is 507 g/mol. The first-order valence-corrected chi connectivity index (χ1v) is 10.0. The van der Waals surface area contributed by atoms with Crippen molar-refractivity contribution >= 4 is 53.4 Å². The number of esters is 1. The van der Waals surface area contributed by atoms with Crippen LogP contribution in [0.2, 0.25) is 5.02 Å². The van der Waals surface area contributed by atoms with E-state index in [1.807, 2.05) is 23.1 Å². The molecule has 1 aromatic carbocycles. The van der Waals surface area contributed by atoms with E-state index in [0.717, 1.165) is 24.6 Å². The van der Waals surface area contributed by atoms with Crippen LogP contribution in [0.5, 0.6) is 0 Å².